The molecule has 2 aromatic rings. The molecule has 0 aromatic heterocycles. The van der Waals surface area contributed by atoms with Crippen LogP contribution in [0.1, 0.15) is 18.4 Å². The van der Waals surface area contributed by atoms with Crippen molar-refractivity contribution in [3.05, 3.63) is 72.3 Å². The Balaban J connectivity index is 1.50. The summed E-state index contributed by atoms with van der Waals surface area (Å²) in [4.78, 5) is 39.5. The Morgan fingerprint density at radius 3 is 2.56 bits per heavy atom. The van der Waals surface area contributed by atoms with Crippen LogP contribution < -0.4 is 15.0 Å². The molecule has 0 radical (unpaired) electrons. The molecule has 0 bridgehead atoms. The minimum atomic E-state index is -0.734. The van der Waals surface area contributed by atoms with E-state index in [0.717, 1.165) is 12.0 Å². The van der Waals surface area contributed by atoms with Gasteiger partial charge in [0.15, 0.2) is 5.78 Å². The first kappa shape index (κ1) is 21.8. The average Bonchev–Trinajstić information content (AvgIpc) is 3.36. The van der Waals surface area contributed by atoms with Crippen molar-refractivity contribution < 1.29 is 23.9 Å². The molecule has 2 amide bonds. The molecule has 1 N–H and O–H groups in total. The van der Waals surface area contributed by atoms with Gasteiger partial charge in [-0.2, -0.15) is 0 Å². The number of nitrogens with zero attached hydrogens (tertiary/aromatic N) is 1. The predicted octanol–water partition coefficient (Wildman–Crippen LogP) is 2.44. The molecule has 32 heavy (non-hydrogen) atoms. The molecule has 4 rings (SSSR count). The van der Waals surface area contributed by atoms with E-state index in [1.165, 1.54) is 6.08 Å². The maximum atomic E-state index is 13.0. The van der Waals surface area contributed by atoms with Gasteiger partial charge in [0.2, 0.25) is 5.91 Å². The van der Waals surface area contributed by atoms with E-state index in [9.17, 15) is 14.4 Å². The summed E-state index contributed by atoms with van der Waals surface area (Å²) in [5.41, 5.74) is 1.54. The van der Waals surface area contributed by atoms with Gasteiger partial charge in [-0.05, 0) is 48.7 Å². The lowest BCUT2D eigenvalue weighted by Gasteiger charge is -2.45. The Morgan fingerprint density at radius 2 is 1.91 bits per heavy atom. The molecule has 0 aliphatic carbocycles. The maximum Gasteiger partial charge on any atom is 0.252 e. The Hall–Kier alpha value is -3.45. The molecular weight excluding hydrogens is 408 g/mol. The van der Waals surface area contributed by atoms with Gasteiger partial charge in [0, 0.05) is 12.3 Å². The number of hydrogen-bond donors (Lipinski definition) is 1. The van der Waals surface area contributed by atoms with Crippen LogP contribution in [0.2, 0.25) is 0 Å². The van der Waals surface area contributed by atoms with Crippen LogP contribution >= 0.6 is 0 Å². The van der Waals surface area contributed by atoms with Gasteiger partial charge in [0.05, 0.1) is 19.6 Å². The number of methoxy groups -OCH3 is 1. The summed E-state index contributed by atoms with van der Waals surface area (Å²) in [6.45, 7) is 0.586. The predicted molar refractivity (Wildman–Crippen MR) is 119 cm³/mol. The highest BCUT2D eigenvalue weighted by Gasteiger charge is 2.47. The number of ketones is 1. The maximum absolute atomic E-state index is 13.0. The minimum Gasteiger partial charge on any atom is -0.497 e. The zero-order valence-electron chi connectivity index (χ0n) is 17.9. The Labute approximate surface area is 187 Å². The van der Waals surface area contributed by atoms with E-state index >= 15 is 0 Å². The largest absolute Gasteiger partial charge is 0.497 e. The molecule has 0 spiro atoms. The zero-order chi connectivity index (χ0) is 22.5. The standard InChI is InChI=1S/C25H26N2O5/c1-31-19-11-9-18(10-12-19)27-20(13-14-21(28)22-8-5-15-32-22)24(25(27)30)26-23(29)16-17-6-3-2-4-7-17/h2-4,6-7,9-14,20,22,24H,5,8,15-16H2,1H3,(H,26,29)/t20-,22+,24+/m1/s1. The summed E-state index contributed by atoms with van der Waals surface area (Å²) >= 11 is 0. The van der Waals surface area contributed by atoms with Crippen molar-refractivity contribution in [3.8, 4) is 5.75 Å². The van der Waals surface area contributed by atoms with Gasteiger partial charge < -0.3 is 19.7 Å². The molecule has 166 valence electrons. The number of amides is 2. The third kappa shape index (κ3) is 4.73. The van der Waals surface area contributed by atoms with E-state index in [4.69, 9.17) is 9.47 Å². The summed E-state index contributed by atoms with van der Waals surface area (Å²) in [5, 5.41) is 2.83. The van der Waals surface area contributed by atoms with Crippen molar-refractivity contribution >= 4 is 23.3 Å². The second-order valence-corrected chi connectivity index (χ2v) is 7.87. The highest BCUT2D eigenvalue weighted by Crippen LogP contribution is 2.31. The fourth-order valence-electron chi connectivity index (χ4n) is 4.00. The smallest absolute Gasteiger partial charge is 0.252 e. The van der Waals surface area contributed by atoms with E-state index in [0.29, 0.717) is 24.5 Å². The van der Waals surface area contributed by atoms with E-state index in [-0.39, 0.29) is 24.0 Å². The Kier molecular flexibility index (Phi) is 6.66. The fraction of sp³-hybridized carbons (Fsp3) is 0.320. The topological polar surface area (TPSA) is 84.9 Å². The van der Waals surface area contributed by atoms with Crippen LogP contribution in [-0.4, -0.2) is 49.5 Å². The van der Waals surface area contributed by atoms with E-state index in [1.54, 1.807) is 42.4 Å². The average molecular weight is 434 g/mol. The first-order chi connectivity index (χ1) is 15.6. The first-order valence-electron chi connectivity index (χ1n) is 10.7. The van der Waals surface area contributed by atoms with Crippen LogP contribution in [0.15, 0.2) is 66.7 Å². The summed E-state index contributed by atoms with van der Waals surface area (Å²) < 4.78 is 10.6. The van der Waals surface area contributed by atoms with Crippen LogP contribution in [0.4, 0.5) is 5.69 Å². The summed E-state index contributed by atoms with van der Waals surface area (Å²) in [5.74, 6) is 0.0876. The van der Waals surface area contributed by atoms with Crippen molar-refractivity contribution in [2.24, 2.45) is 0 Å². The van der Waals surface area contributed by atoms with Gasteiger partial charge >= 0.3 is 0 Å². The second-order valence-electron chi connectivity index (χ2n) is 7.87. The molecule has 2 heterocycles. The summed E-state index contributed by atoms with van der Waals surface area (Å²) in [6, 6.07) is 15.2. The van der Waals surface area contributed by atoms with E-state index in [1.807, 2.05) is 30.3 Å². The first-order valence-corrected chi connectivity index (χ1v) is 10.7. The van der Waals surface area contributed by atoms with E-state index in [2.05, 4.69) is 5.32 Å². The molecule has 3 atom stereocenters. The quantitative estimate of drug-likeness (QED) is 0.510. The molecule has 2 aliphatic rings. The molecule has 2 saturated heterocycles. The van der Waals surface area contributed by atoms with Crippen molar-refractivity contribution in [1.82, 2.24) is 5.32 Å². The number of β-lactam (4-membered cyclic amide) rings is 1. The number of ether oxygens (including phenoxy) is 2. The van der Waals surface area contributed by atoms with Crippen LogP contribution in [0.3, 0.4) is 0 Å². The van der Waals surface area contributed by atoms with Crippen LogP contribution in [-0.2, 0) is 25.5 Å². The third-order valence-corrected chi connectivity index (χ3v) is 5.72. The van der Waals surface area contributed by atoms with Crippen molar-refractivity contribution in [2.45, 2.75) is 37.5 Å². The number of carbonyl (C=O) groups is 3. The highest BCUT2D eigenvalue weighted by atomic mass is 16.5. The number of carbonyl (C=O) groups excluding carboxylic acids is 3. The van der Waals surface area contributed by atoms with Gasteiger partial charge in [-0.3, -0.25) is 14.4 Å². The molecule has 2 aromatic carbocycles. The molecular formula is C25H26N2O5. The van der Waals surface area contributed by atoms with Gasteiger partial charge in [-0.25, -0.2) is 0 Å². The molecule has 7 heteroatoms. The van der Waals surface area contributed by atoms with Gasteiger partial charge in [-0.1, -0.05) is 36.4 Å². The lowest BCUT2D eigenvalue weighted by atomic mass is 9.92. The zero-order valence-corrected chi connectivity index (χ0v) is 17.9. The van der Waals surface area contributed by atoms with Crippen molar-refractivity contribution in [1.29, 1.82) is 0 Å². The van der Waals surface area contributed by atoms with E-state index < -0.39 is 18.2 Å². The normalized spacial score (nSPS) is 22.6. The number of anilines is 1. The van der Waals surface area contributed by atoms with Crippen LogP contribution in [0.5, 0.6) is 5.75 Å². The molecule has 7 nitrogen and oxygen atoms in total. The van der Waals surface area contributed by atoms with Gasteiger partial charge in [0.1, 0.15) is 17.9 Å². The summed E-state index contributed by atoms with van der Waals surface area (Å²) in [6.07, 6.45) is 4.47. The molecule has 0 saturated carbocycles. The fourth-order valence-corrected chi connectivity index (χ4v) is 4.00. The number of benzene rings is 2. The SMILES string of the molecule is COc1ccc(N2C(=O)[C@@H](NC(=O)Cc3ccccc3)[C@H]2C=CC(=O)[C@@H]2CCCO2)cc1. The number of rotatable bonds is 8. The van der Waals surface area contributed by atoms with Crippen molar-refractivity contribution in [3.63, 3.8) is 0 Å². The van der Waals surface area contributed by atoms with Crippen LogP contribution in [0.25, 0.3) is 0 Å². The minimum absolute atomic E-state index is 0.120. The Morgan fingerprint density at radius 1 is 1.16 bits per heavy atom. The third-order valence-electron chi connectivity index (χ3n) is 5.72. The second kappa shape index (κ2) is 9.78. The molecule has 0 unspecified atom stereocenters. The van der Waals surface area contributed by atoms with Gasteiger partial charge in [0.25, 0.3) is 5.91 Å². The Bertz CT molecular complexity index is 997. The molecule has 2 aliphatic heterocycles. The number of nitrogens with one attached hydrogen (secondary N) is 1. The summed E-state index contributed by atoms with van der Waals surface area (Å²) in [7, 11) is 1.57. The lowest BCUT2D eigenvalue weighted by molar-refractivity contribution is -0.131. The number of hydrogen-bond acceptors (Lipinski definition) is 5. The lowest BCUT2D eigenvalue weighted by Crippen LogP contribution is -2.70. The monoisotopic (exact) mass is 434 g/mol. The van der Waals surface area contributed by atoms with Crippen LogP contribution in [0, 0.1) is 0 Å². The molecule has 2 fully saturated rings. The van der Waals surface area contributed by atoms with Gasteiger partial charge in [-0.15, -0.1) is 0 Å². The highest BCUT2D eigenvalue weighted by molar-refractivity contribution is 6.08. The van der Waals surface area contributed by atoms with Crippen molar-refractivity contribution in [2.75, 3.05) is 18.6 Å².